The molecule has 3 rings (SSSR count). The number of hydrogen-bond donors (Lipinski definition) is 1. The fraction of sp³-hybridized carbons (Fsp3) is 0.304. The number of para-hydroxylation sites is 1. The predicted molar refractivity (Wildman–Crippen MR) is 115 cm³/mol. The van der Waals surface area contributed by atoms with Crippen LogP contribution in [0.5, 0.6) is 5.75 Å². The van der Waals surface area contributed by atoms with Gasteiger partial charge >= 0.3 is 0 Å². The highest BCUT2D eigenvalue weighted by Crippen LogP contribution is 2.22. The number of likely N-dealkylation sites (N-methyl/N-ethyl adjacent to an activating group) is 1. The smallest absolute Gasteiger partial charge is 0.254 e. The molecule has 2 aromatic carbocycles. The van der Waals surface area contributed by atoms with Gasteiger partial charge in [0.25, 0.3) is 5.91 Å². The van der Waals surface area contributed by atoms with Crippen LogP contribution in [0.2, 0.25) is 0 Å². The van der Waals surface area contributed by atoms with Gasteiger partial charge in [0.2, 0.25) is 0 Å². The van der Waals surface area contributed by atoms with Gasteiger partial charge in [-0.1, -0.05) is 37.3 Å². The molecule has 29 heavy (non-hydrogen) atoms. The highest BCUT2D eigenvalue weighted by atomic mass is 16.5. The van der Waals surface area contributed by atoms with E-state index in [1.807, 2.05) is 80.3 Å². The average molecular weight is 393 g/mol. The lowest BCUT2D eigenvalue weighted by Gasteiger charge is -2.25. The molecule has 0 fully saturated rings. The molecule has 6 heteroatoms. The van der Waals surface area contributed by atoms with E-state index in [0.29, 0.717) is 18.5 Å². The molecule has 1 aromatic heterocycles. The summed E-state index contributed by atoms with van der Waals surface area (Å²) in [7, 11) is 5.66. The molecule has 6 nitrogen and oxygen atoms in total. The Morgan fingerprint density at radius 2 is 1.93 bits per heavy atom. The SMILES string of the molecule is CCc1c(C(=O)NCC(c2cccc(OC)c2)N(C)C)cnn1-c1ccccc1. The molecule has 1 unspecified atom stereocenters. The summed E-state index contributed by atoms with van der Waals surface area (Å²) in [5, 5.41) is 7.53. The maximum absolute atomic E-state index is 12.9. The third kappa shape index (κ3) is 4.66. The van der Waals surface area contributed by atoms with Crippen molar-refractivity contribution in [1.29, 1.82) is 0 Å². The quantitative estimate of drug-likeness (QED) is 0.638. The van der Waals surface area contributed by atoms with Gasteiger partial charge in [0.1, 0.15) is 5.75 Å². The second-order valence-corrected chi connectivity index (χ2v) is 7.07. The van der Waals surface area contributed by atoms with Crippen molar-refractivity contribution in [3.05, 3.63) is 77.6 Å². The summed E-state index contributed by atoms with van der Waals surface area (Å²) in [5.41, 5.74) is 3.55. The van der Waals surface area contributed by atoms with Gasteiger partial charge in [-0.25, -0.2) is 4.68 Å². The number of hydrogen-bond acceptors (Lipinski definition) is 4. The number of methoxy groups -OCH3 is 1. The van der Waals surface area contributed by atoms with Crippen LogP contribution in [-0.4, -0.2) is 48.3 Å². The van der Waals surface area contributed by atoms with Crippen molar-refractivity contribution in [3.8, 4) is 11.4 Å². The summed E-state index contributed by atoms with van der Waals surface area (Å²) >= 11 is 0. The van der Waals surface area contributed by atoms with Crippen LogP contribution in [0.25, 0.3) is 5.69 Å². The zero-order valence-electron chi connectivity index (χ0n) is 17.4. The maximum Gasteiger partial charge on any atom is 0.254 e. The van der Waals surface area contributed by atoms with Crippen LogP contribution in [0, 0.1) is 0 Å². The van der Waals surface area contributed by atoms with Gasteiger partial charge in [0.05, 0.1) is 36.3 Å². The molecule has 0 bridgehead atoms. The van der Waals surface area contributed by atoms with Crippen molar-refractivity contribution in [1.82, 2.24) is 20.0 Å². The largest absolute Gasteiger partial charge is 0.497 e. The number of benzene rings is 2. The van der Waals surface area contributed by atoms with Crippen molar-refractivity contribution in [2.45, 2.75) is 19.4 Å². The summed E-state index contributed by atoms with van der Waals surface area (Å²) in [6.45, 7) is 2.52. The molecule has 1 amide bonds. The average Bonchev–Trinajstić information content (AvgIpc) is 3.18. The van der Waals surface area contributed by atoms with Gasteiger partial charge in [-0.05, 0) is 50.3 Å². The predicted octanol–water partition coefficient (Wildman–Crippen LogP) is 3.48. The van der Waals surface area contributed by atoms with Crippen LogP contribution >= 0.6 is 0 Å². The fourth-order valence-corrected chi connectivity index (χ4v) is 3.43. The molecule has 0 aliphatic carbocycles. The zero-order valence-corrected chi connectivity index (χ0v) is 17.4. The monoisotopic (exact) mass is 392 g/mol. The molecule has 0 aliphatic heterocycles. The first-order valence-corrected chi connectivity index (χ1v) is 9.76. The Bertz CT molecular complexity index is 951. The van der Waals surface area contributed by atoms with E-state index in [2.05, 4.69) is 15.3 Å². The van der Waals surface area contributed by atoms with Crippen molar-refractivity contribution in [2.75, 3.05) is 27.7 Å². The number of aromatic nitrogens is 2. The fourth-order valence-electron chi connectivity index (χ4n) is 3.43. The molecule has 0 saturated carbocycles. The van der Waals surface area contributed by atoms with E-state index < -0.39 is 0 Å². The second-order valence-electron chi connectivity index (χ2n) is 7.07. The second kappa shape index (κ2) is 9.39. The molecule has 0 radical (unpaired) electrons. The summed E-state index contributed by atoms with van der Waals surface area (Å²) < 4.78 is 7.17. The highest BCUT2D eigenvalue weighted by Gasteiger charge is 2.20. The number of nitrogens with zero attached hydrogens (tertiary/aromatic N) is 3. The first-order chi connectivity index (χ1) is 14.0. The van der Waals surface area contributed by atoms with Crippen molar-refractivity contribution in [3.63, 3.8) is 0 Å². The van der Waals surface area contributed by atoms with Crippen LogP contribution in [0.15, 0.2) is 60.8 Å². The van der Waals surface area contributed by atoms with Crippen molar-refractivity contribution in [2.24, 2.45) is 0 Å². The van der Waals surface area contributed by atoms with E-state index in [0.717, 1.165) is 22.7 Å². The van der Waals surface area contributed by atoms with E-state index in [9.17, 15) is 4.79 Å². The molecule has 1 N–H and O–H groups in total. The van der Waals surface area contributed by atoms with E-state index >= 15 is 0 Å². The van der Waals surface area contributed by atoms with Gasteiger partial charge < -0.3 is 15.0 Å². The van der Waals surface area contributed by atoms with E-state index in [1.165, 1.54) is 0 Å². The molecule has 1 heterocycles. The van der Waals surface area contributed by atoms with Gasteiger partial charge in [-0.3, -0.25) is 4.79 Å². The summed E-state index contributed by atoms with van der Waals surface area (Å²) in [4.78, 5) is 15.0. The first kappa shape index (κ1) is 20.6. The number of ether oxygens (including phenoxy) is 1. The molecule has 1 atom stereocenters. The summed E-state index contributed by atoms with van der Waals surface area (Å²) in [6, 6.07) is 17.8. The van der Waals surface area contributed by atoms with Crippen LogP contribution in [0.3, 0.4) is 0 Å². The topological polar surface area (TPSA) is 59.4 Å². The molecular formula is C23H28N4O2. The minimum Gasteiger partial charge on any atom is -0.497 e. The number of carbonyl (C=O) groups is 1. The lowest BCUT2D eigenvalue weighted by Crippen LogP contribution is -2.34. The normalized spacial score (nSPS) is 12.0. The van der Waals surface area contributed by atoms with E-state index in [4.69, 9.17) is 4.74 Å². The minimum atomic E-state index is -0.112. The lowest BCUT2D eigenvalue weighted by molar-refractivity contribution is 0.0941. The van der Waals surface area contributed by atoms with Crippen LogP contribution in [0.4, 0.5) is 0 Å². The third-order valence-electron chi connectivity index (χ3n) is 5.01. The maximum atomic E-state index is 12.9. The minimum absolute atomic E-state index is 0.0308. The van der Waals surface area contributed by atoms with Crippen molar-refractivity contribution >= 4 is 5.91 Å². The number of nitrogens with one attached hydrogen (secondary N) is 1. The van der Waals surface area contributed by atoms with Crippen LogP contribution in [-0.2, 0) is 6.42 Å². The highest BCUT2D eigenvalue weighted by molar-refractivity contribution is 5.95. The first-order valence-electron chi connectivity index (χ1n) is 9.76. The summed E-state index contributed by atoms with van der Waals surface area (Å²) in [6.07, 6.45) is 2.36. The van der Waals surface area contributed by atoms with Crippen LogP contribution < -0.4 is 10.1 Å². The zero-order chi connectivity index (χ0) is 20.8. The van der Waals surface area contributed by atoms with E-state index in [-0.39, 0.29) is 11.9 Å². The molecule has 152 valence electrons. The Balaban J connectivity index is 1.78. The third-order valence-corrected chi connectivity index (χ3v) is 5.01. The van der Waals surface area contributed by atoms with Crippen molar-refractivity contribution < 1.29 is 9.53 Å². The molecular weight excluding hydrogens is 364 g/mol. The number of amides is 1. The lowest BCUT2D eigenvalue weighted by atomic mass is 10.1. The standard InChI is InChI=1S/C23H28N4O2/c1-5-21-20(15-25-27(21)18-11-7-6-8-12-18)23(28)24-16-22(26(2)3)17-10-9-13-19(14-17)29-4/h6-15,22H,5,16H2,1-4H3,(H,24,28). The van der Waals surface area contributed by atoms with Crippen LogP contribution in [0.1, 0.15) is 34.6 Å². The molecule has 3 aromatic rings. The Morgan fingerprint density at radius 3 is 2.59 bits per heavy atom. The summed E-state index contributed by atoms with van der Waals surface area (Å²) in [5.74, 6) is 0.692. The molecule has 0 saturated heterocycles. The Hall–Kier alpha value is -3.12. The van der Waals surface area contributed by atoms with E-state index in [1.54, 1.807) is 13.3 Å². The Morgan fingerprint density at radius 1 is 1.17 bits per heavy atom. The Kier molecular flexibility index (Phi) is 6.67. The van der Waals surface area contributed by atoms with Gasteiger partial charge in [0.15, 0.2) is 0 Å². The van der Waals surface area contributed by atoms with Gasteiger partial charge in [-0.2, -0.15) is 5.10 Å². The van der Waals surface area contributed by atoms with Gasteiger partial charge in [-0.15, -0.1) is 0 Å². The molecule has 0 spiro atoms. The number of carbonyl (C=O) groups excluding carboxylic acids is 1. The Labute approximate surface area is 172 Å². The van der Waals surface area contributed by atoms with Gasteiger partial charge in [0, 0.05) is 6.54 Å². The molecule has 0 aliphatic rings. The number of rotatable bonds is 8.